The lowest BCUT2D eigenvalue weighted by atomic mass is 9.91. The van der Waals surface area contributed by atoms with Crippen molar-refractivity contribution in [1.29, 1.82) is 0 Å². The first-order chi connectivity index (χ1) is 9.25. The van der Waals surface area contributed by atoms with Gasteiger partial charge in [0.25, 0.3) is 5.56 Å². The van der Waals surface area contributed by atoms with Gasteiger partial charge in [-0.2, -0.15) is 5.16 Å². The van der Waals surface area contributed by atoms with Crippen molar-refractivity contribution in [3.63, 3.8) is 0 Å². The normalized spacial score (nSPS) is 15.8. The van der Waals surface area contributed by atoms with Crippen LogP contribution in [0.4, 0.5) is 0 Å². The molecular formula is C14H16BrClN2O2. The molecule has 0 radical (unpaired) electrons. The van der Waals surface area contributed by atoms with Gasteiger partial charge in [0.2, 0.25) is 0 Å². The first kappa shape index (κ1) is 15.4. The van der Waals surface area contributed by atoms with Gasteiger partial charge >= 0.3 is 0 Å². The second kappa shape index (κ2) is 6.61. The van der Waals surface area contributed by atoms with Crippen molar-refractivity contribution in [2.45, 2.75) is 18.8 Å². The molecule has 1 aliphatic heterocycles. The average molecular weight is 360 g/mol. The number of halogens is 2. The molecule has 1 aliphatic rings. The number of aromatic amines is 1. The third kappa shape index (κ3) is 3.00. The Morgan fingerprint density at radius 3 is 2.70 bits per heavy atom. The van der Waals surface area contributed by atoms with Crippen molar-refractivity contribution in [3.05, 3.63) is 45.4 Å². The number of hydrogen-bond acceptors (Lipinski definition) is 3. The summed E-state index contributed by atoms with van der Waals surface area (Å²) >= 11 is 6.00. The molecule has 1 aromatic heterocycles. The summed E-state index contributed by atoms with van der Waals surface area (Å²) in [6.45, 7) is 1.91. The number of H-pyrrole nitrogens is 1. The Hall–Kier alpha value is -1.04. The highest BCUT2D eigenvalue weighted by molar-refractivity contribution is 8.93. The minimum Gasteiger partial charge on any atom is -0.383 e. The standard InChI is InChI=1S/C14H15ClN2O2.BrH/c15-11-3-1-2-10(8-11)12-13(19-17-14(12)18)9-4-6-16-7-5-9;/h1-3,8-9,16H,4-7H2,(H,17,18);1H. The molecular weight excluding hydrogens is 344 g/mol. The molecule has 0 saturated carbocycles. The Kier molecular flexibility index (Phi) is 5.07. The van der Waals surface area contributed by atoms with Crippen molar-refractivity contribution in [1.82, 2.24) is 10.5 Å². The average Bonchev–Trinajstić information content (AvgIpc) is 2.82. The summed E-state index contributed by atoms with van der Waals surface area (Å²) in [5.41, 5.74) is 1.25. The zero-order valence-electron chi connectivity index (χ0n) is 10.8. The van der Waals surface area contributed by atoms with Gasteiger partial charge in [-0.25, -0.2) is 0 Å². The topological polar surface area (TPSA) is 58.0 Å². The number of piperidine rings is 1. The molecule has 0 aliphatic carbocycles. The highest BCUT2D eigenvalue weighted by Crippen LogP contribution is 2.32. The number of aromatic nitrogens is 1. The monoisotopic (exact) mass is 358 g/mol. The molecule has 20 heavy (non-hydrogen) atoms. The molecule has 4 nitrogen and oxygen atoms in total. The molecule has 0 unspecified atom stereocenters. The second-order valence-electron chi connectivity index (χ2n) is 4.81. The molecule has 6 heteroatoms. The van der Waals surface area contributed by atoms with E-state index in [2.05, 4.69) is 10.5 Å². The van der Waals surface area contributed by atoms with E-state index < -0.39 is 0 Å². The van der Waals surface area contributed by atoms with E-state index in [-0.39, 0.29) is 28.5 Å². The van der Waals surface area contributed by atoms with Crippen LogP contribution < -0.4 is 10.9 Å². The Balaban J connectivity index is 0.00000147. The van der Waals surface area contributed by atoms with Crippen LogP contribution in [-0.2, 0) is 0 Å². The van der Waals surface area contributed by atoms with Crippen LogP contribution in [-0.4, -0.2) is 18.2 Å². The summed E-state index contributed by atoms with van der Waals surface area (Å²) in [5, 5.41) is 6.39. The number of nitrogens with one attached hydrogen (secondary N) is 2. The smallest absolute Gasteiger partial charge is 0.288 e. The molecule has 0 spiro atoms. The zero-order valence-corrected chi connectivity index (χ0v) is 13.3. The van der Waals surface area contributed by atoms with E-state index in [4.69, 9.17) is 16.1 Å². The molecule has 108 valence electrons. The third-order valence-corrected chi connectivity index (χ3v) is 3.79. The first-order valence-corrected chi connectivity index (χ1v) is 6.81. The van der Waals surface area contributed by atoms with Crippen LogP contribution in [0.3, 0.4) is 0 Å². The fourth-order valence-electron chi connectivity index (χ4n) is 2.60. The van der Waals surface area contributed by atoms with Crippen molar-refractivity contribution < 1.29 is 4.52 Å². The van der Waals surface area contributed by atoms with E-state index in [9.17, 15) is 4.79 Å². The van der Waals surface area contributed by atoms with Crippen LogP contribution >= 0.6 is 28.6 Å². The molecule has 1 saturated heterocycles. The maximum Gasteiger partial charge on any atom is 0.288 e. The van der Waals surface area contributed by atoms with Crippen LogP contribution in [0.2, 0.25) is 5.02 Å². The Labute approximate surface area is 132 Å². The fraction of sp³-hybridized carbons (Fsp3) is 0.357. The third-order valence-electron chi connectivity index (χ3n) is 3.55. The van der Waals surface area contributed by atoms with Crippen LogP contribution in [0.15, 0.2) is 33.6 Å². The van der Waals surface area contributed by atoms with Gasteiger partial charge in [-0.3, -0.25) is 4.79 Å². The molecule has 0 bridgehead atoms. The van der Waals surface area contributed by atoms with E-state index in [1.54, 1.807) is 12.1 Å². The lowest BCUT2D eigenvalue weighted by molar-refractivity contribution is 0.326. The van der Waals surface area contributed by atoms with Gasteiger partial charge in [0.15, 0.2) is 0 Å². The number of benzene rings is 1. The van der Waals surface area contributed by atoms with Gasteiger partial charge in [-0.15, -0.1) is 17.0 Å². The minimum absolute atomic E-state index is 0. The highest BCUT2D eigenvalue weighted by atomic mass is 79.9. The van der Waals surface area contributed by atoms with Gasteiger partial charge in [-0.1, -0.05) is 23.7 Å². The van der Waals surface area contributed by atoms with Crippen LogP contribution in [0, 0.1) is 0 Å². The quantitative estimate of drug-likeness (QED) is 0.864. The zero-order chi connectivity index (χ0) is 13.2. The number of hydrogen-bond donors (Lipinski definition) is 2. The van der Waals surface area contributed by atoms with Crippen molar-refractivity contribution in [3.8, 4) is 11.1 Å². The van der Waals surface area contributed by atoms with E-state index in [1.807, 2.05) is 12.1 Å². The van der Waals surface area contributed by atoms with Gasteiger partial charge < -0.3 is 9.84 Å². The van der Waals surface area contributed by atoms with E-state index in [1.165, 1.54) is 0 Å². The Bertz CT molecular complexity index is 632. The Morgan fingerprint density at radius 2 is 2.00 bits per heavy atom. The molecule has 2 heterocycles. The van der Waals surface area contributed by atoms with Crippen molar-refractivity contribution in [2.75, 3.05) is 13.1 Å². The minimum atomic E-state index is -0.184. The van der Waals surface area contributed by atoms with Gasteiger partial charge in [-0.05, 0) is 43.6 Å². The maximum atomic E-state index is 12.0. The first-order valence-electron chi connectivity index (χ1n) is 6.44. The summed E-state index contributed by atoms with van der Waals surface area (Å²) < 4.78 is 5.42. The fourth-order valence-corrected chi connectivity index (χ4v) is 2.79. The molecule has 3 rings (SSSR count). The summed E-state index contributed by atoms with van der Waals surface area (Å²) in [4.78, 5) is 12.0. The molecule has 0 atom stereocenters. The lowest BCUT2D eigenvalue weighted by Crippen LogP contribution is -2.26. The van der Waals surface area contributed by atoms with Crippen molar-refractivity contribution >= 4 is 28.6 Å². The van der Waals surface area contributed by atoms with Gasteiger partial charge in [0, 0.05) is 10.9 Å². The van der Waals surface area contributed by atoms with E-state index in [0.29, 0.717) is 10.6 Å². The summed E-state index contributed by atoms with van der Waals surface area (Å²) in [6, 6.07) is 7.32. The lowest BCUT2D eigenvalue weighted by Gasteiger charge is -2.20. The largest absolute Gasteiger partial charge is 0.383 e. The highest BCUT2D eigenvalue weighted by Gasteiger charge is 2.25. The predicted molar refractivity (Wildman–Crippen MR) is 84.9 cm³/mol. The van der Waals surface area contributed by atoms with Gasteiger partial charge in [0.05, 0.1) is 5.56 Å². The molecule has 0 amide bonds. The van der Waals surface area contributed by atoms with Gasteiger partial charge in [0.1, 0.15) is 5.76 Å². The summed E-state index contributed by atoms with van der Waals surface area (Å²) in [7, 11) is 0. The Morgan fingerprint density at radius 1 is 1.25 bits per heavy atom. The van der Waals surface area contributed by atoms with E-state index >= 15 is 0 Å². The molecule has 2 N–H and O–H groups in total. The van der Waals surface area contributed by atoms with E-state index in [0.717, 1.165) is 37.3 Å². The van der Waals surface area contributed by atoms with Crippen LogP contribution in [0.5, 0.6) is 0 Å². The molecule has 1 fully saturated rings. The maximum absolute atomic E-state index is 12.0. The second-order valence-corrected chi connectivity index (χ2v) is 5.24. The predicted octanol–water partition coefficient (Wildman–Crippen LogP) is 3.33. The van der Waals surface area contributed by atoms with Crippen LogP contribution in [0.25, 0.3) is 11.1 Å². The van der Waals surface area contributed by atoms with Crippen LogP contribution in [0.1, 0.15) is 24.5 Å². The summed E-state index contributed by atoms with van der Waals surface area (Å²) in [6.07, 6.45) is 1.96. The molecule has 1 aromatic carbocycles. The van der Waals surface area contributed by atoms with Crippen molar-refractivity contribution in [2.24, 2.45) is 0 Å². The summed E-state index contributed by atoms with van der Waals surface area (Å²) in [5.74, 6) is 1.04. The molecule has 2 aromatic rings. The SMILES string of the molecule is Br.O=c1[nH]oc(C2CCNCC2)c1-c1cccc(Cl)c1. The number of rotatable bonds is 2.